The third-order valence-electron chi connectivity index (χ3n) is 8.15. The van der Waals surface area contributed by atoms with Gasteiger partial charge in [0.1, 0.15) is 0 Å². The van der Waals surface area contributed by atoms with Crippen LogP contribution in [0.4, 0.5) is 4.39 Å². The molecule has 0 N–H and O–H groups in total. The standard InChI is InChI=1S/C30H47FO/c1-32-24-6-8-26-15-19-29(20-16-26)30-21-17-28(18-22-30)14-13-27-11-9-25(10-12-27)7-4-2-3-5-23-31/h4,7,15-16,19-20,25,27-28,30H,2-3,5-6,8-14,17-18,21-24H2,1H3/b7-4+. The Morgan fingerprint density at radius 3 is 2.12 bits per heavy atom. The summed E-state index contributed by atoms with van der Waals surface area (Å²) in [6, 6.07) is 9.46. The molecule has 0 saturated heterocycles. The maximum atomic E-state index is 12.2. The molecular weight excluding hydrogens is 395 g/mol. The van der Waals surface area contributed by atoms with E-state index >= 15 is 0 Å². The van der Waals surface area contributed by atoms with E-state index in [0.29, 0.717) is 0 Å². The van der Waals surface area contributed by atoms with E-state index in [0.717, 1.165) is 62.4 Å². The van der Waals surface area contributed by atoms with Gasteiger partial charge in [-0.15, -0.1) is 0 Å². The van der Waals surface area contributed by atoms with Crippen LogP contribution >= 0.6 is 0 Å². The van der Waals surface area contributed by atoms with Crippen molar-refractivity contribution in [3.8, 4) is 0 Å². The molecule has 2 saturated carbocycles. The van der Waals surface area contributed by atoms with Crippen LogP contribution in [0.15, 0.2) is 36.4 Å². The van der Waals surface area contributed by atoms with E-state index in [9.17, 15) is 4.39 Å². The van der Waals surface area contributed by atoms with Crippen LogP contribution in [0.5, 0.6) is 0 Å². The molecule has 1 nitrogen and oxygen atoms in total. The number of aryl methyl sites for hydroxylation is 1. The molecule has 2 aliphatic carbocycles. The summed E-state index contributed by atoms with van der Waals surface area (Å²) in [5.41, 5.74) is 3.01. The number of methoxy groups -OCH3 is 1. The number of alkyl halides is 1. The van der Waals surface area contributed by atoms with Crippen LogP contribution in [0.25, 0.3) is 0 Å². The van der Waals surface area contributed by atoms with Gasteiger partial charge < -0.3 is 4.74 Å². The average molecular weight is 443 g/mol. The molecule has 0 aromatic heterocycles. The predicted octanol–water partition coefficient (Wildman–Crippen LogP) is 8.82. The monoisotopic (exact) mass is 442 g/mol. The second kappa shape index (κ2) is 14.9. The maximum Gasteiger partial charge on any atom is 0.0894 e. The lowest BCUT2D eigenvalue weighted by Gasteiger charge is -2.31. The van der Waals surface area contributed by atoms with Crippen molar-refractivity contribution < 1.29 is 9.13 Å². The Morgan fingerprint density at radius 2 is 1.50 bits per heavy atom. The Kier molecular flexibility index (Phi) is 11.9. The summed E-state index contributed by atoms with van der Waals surface area (Å²) in [6.07, 6.45) is 23.9. The van der Waals surface area contributed by atoms with E-state index in [1.165, 1.54) is 69.8 Å². The summed E-state index contributed by atoms with van der Waals surface area (Å²) in [4.78, 5) is 0. The molecule has 180 valence electrons. The number of hydrogen-bond acceptors (Lipinski definition) is 1. The Labute approximate surface area is 197 Å². The molecule has 1 aromatic rings. The third-order valence-corrected chi connectivity index (χ3v) is 8.15. The largest absolute Gasteiger partial charge is 0.385 e. The predicted molar refractivity (Wildman–Crippen MR) is 135 cm³/mol. The van der Waals surface area contributed by atoms with Gasteiger partial charge in [0.25, 0.3) is 0 Å². The Hall–Kier alpha value is -1.15. The first-order chi connectivity index (χ1) is 15.8. The molecule has 2 fully saturated rings. The zero-order valence-corrected chi connectivity index (χ0v) is 20.6. The SMILES string of the molecule is COCCCc1ccc(C2CCC(CCC3CCC(/C=C/CCCCF)CC3)CC2)cc1. The van der Waals surface area contributed by atoms with Crippen molar-refractivity contribution >= 4 is 0 Å². The number of hydrogen-bond donors (Lipinski definition) is 0. The highest BCUT2D eigenvalue weighted by Crippen LogP contribution is 2.40. The van der Waals surface area contributed by atoms with Gasteiger partial charge in [-0.25, -0.2) is 0 Å². The molecule has 32 heavy (non-hydrogen) atoms. The van der Waals surface area contributed by atoms with Crippen molar-refractivity contribution in [2.45, 2.75) is 102 Å². The molecule has 3 rings (SSSR count). The topological polar surface area (TPSA) is 9.23 Å². The first-order valence-corrected chi connectivity index (χ1v) is 13.6. The normalized spacial score (nSPS) is 26.6. The molecule has 0 bridgehead atoms. The average Bonchev–Trinajstić information content (AvgIpc) is 2.84. The van der Waals surface area contributed by atoms with E-state index < -0.39 is 0 Å². The fourth-order valence-electron chi connectivity index (χ4n) is 5.95. The molecule has 0 heterocycles. The Bertz CT molecular complexity index is 621. The number of allylic oxidation sites excluding steroid dienone is 2. The van der Waals surface area contributed by atoms with Crippen LogP contribution in [0, 0.1) is 17.8 Å². The fraction of sp³-hybridized carbons (Fsp3) is 0.733. The lowest BCUT2D eigenvalue weighted by Crippen LogP contribution is -2.17. The highest BCUT2D eigenvalue weighted by atomic mass is 19.1. The Morgan fingerprint density at radius 1 is 0.844 bits per heavy atom. The second-order valence-electron chi connectivity index (χ2n) is 10.5. The fourth-order valence-corrected chi connectivity index (χ4v) is 5.95. The minimum atomic E-state index is -0.163. The van der Waals surface area contributed by atoms with Crippen molar-refractivity contribution in [2.75, 3.05) is 20.4 Å². The van der Waals surface area contributed by atoms with E-state index in [1.54, 1.807) is 12.7 Å². The zero-order chi connectivity index (χ0) is 22.4. The minimum absolute atomic E-state index is 0.163. The van der Waals surface area contributed by atoms with Crippen molar-refractivity contribution in [2.24, 2.45) is 17.8 Å². The van der Waals surface area contributed by atoms with Gasteiger partial charge in [0, 0.05) is 13.7 Å². The van der Waals surface area contributed by atoms with Crippen molar-refractivity contribution in [3.63, 3.8) is 0 Å². The minimum Gasteiger partial charge on any atom is -0.385 e. The first kappa shape index (κ1) is 25.5. The molecular formula is C30H47FO. The van der Waals surface area contributed by atoms with E-state index in [1.807, 2.05) is 0 Å². The second-order valence-corrected chi connectivity index (χ2v) is 10.5. The molecule has 0 aliphatic heterocycles. The number of ether oxygens (including phenoxy) is 1. The van der Waals surface area contributed by atoms with Gasteiger partial charge in [-0.1, -0.05) is 49.3 Å². The summed E-state index contributed by atoms with van der Waals surface area (Å²) in [5.74, 6) is 3.51. The van der Waals surface area contributed by atoms with Crippen LogP contribution in [0.3, 0.4) is 0 Å². The molecule has 2 heteroatoms. The van der Waals surface area contributed by atoms with Gasteiger partial charge in [0.05, 0.1) is 6.67 Å². The van der Waals surface area contributed by atoms with Gasteiger partial charge in [0.2, 0.25) is 0 Å². The van der Waals surface area contributed by atoms with Crippen LogP contribution in [-0.4, -0.2) is 20.4 Å². The molecule has 0 spiro atoms. The van der Waals surface area contributed by atoms with Gasteiger partial charge in [0.15, 0.2) is 0 Å². The van der Waals surface area contributed by atoms with Crippen LogP contribution < -0.4 is 0 Å². The van der Waals surface area contributed by atoms with Gasteiger partial charge in [-0.2, -0.15) is 0 Å². The molecule has 0 radical (unpaired) electrons. The number of rotatable bonds is 13. The molecule has 2 aliphatic rings. The maximum absolute atomic E-state index is 12.2. The number of halogens is 1. The van der Waals surface area contributed by atoms with E-state index in [4.69, 9.17) is 4.74 Å². The lowest BCUT2D eigenvalue weighted by atomic mass is 9.74. The van der Waals surface area contributed by atoms with Crippen LogP contribution in [0.1, 0.15) is 107 Å². The highest BCUT2D eigenvalue weighted by molar-refractivity contribution is 5.26. The van der Waals surface area contributed by atoms with Crippen molar-refractivity contribution in [1.82, 2.24) is 0 Å². The smallest absolute Gasteiger partial charge is 0.0894 e. The molecule has 0 unspecified atom stereocenters. The van der Waals surface area contributed by atoms with E-state index in [-0.39, 0.29) is 6.67 Å². The van der Waals surface area contributed by atoms with Gasteiger partial charge in [-0.3, -0.25) is 4.39 Å². The summed E-state index contributed by atoms with van der Waals surface area (Å²) in [5, 5.41) is 0. The summed E-state index contributed by atoms with van der Waals surface area (Å²) >= 11 is 0. The Balaban J connectivity index is 1.28. The molecule has 0 amide bonds. The first-order valence-electron chi connectivity index (χ1n) is 13.6. The zero-order valence-electron chi connectivity index (χ0n) is 20.6. The summed E-state index contributed by atoms with van der Waals surface area (Å²) in [7, 11) is 1.78. The summed E-state index contributed by atoms with van der Waals surface area (Å²) in [6.45, 7) is 0.691. The quantitative estimate of drug-likeness (QED) is 0.219. The number of benzene rings is 1. The molecule has 0 atom stereocenters. The van der Waals surface area contributed by atoms with Gasteiger partial charge in [-0.05, 0) is 118 Å². The van der Waals surface area contributed by atoms with E-state index in [2.05, 4.69) is 36.4 Å². The van der Waals surface area contributed by atoms with Gasteiger partial charge >= 0.3 is 0 Å². The van der Waals surface area contributed by atoms with Crippen molar-refractivity contribution in [3.05, 3.63) is 47.5 Å². The third kappa shape index (κ3) is 9.00. The summed E-state index contributed by atoms with van der Waals surface area (Å²) < 4.78 is 17.3. The lowest BCUT2D eigenvalue weighted by molar-refractivity contribution is 0.195. The molecule has 1 aromatic carbocycles. The highest BCUT2D eigenvalue weighted by Gasteiger charge is 2.24. The van der Waals surface area contributed by atoms with Crippen LogP contribution in [0.2, 0.25) is 0 Å². The number of unbranched alkanes of at least 4 members (excludes halogenated alkanes) is 2. The van der Waals surface area contributed by atoms with Crippen LogP contribution in [-0.2, 0) is 11.2 Å². The van der Waals surface area contributed by atoms with Crippen molar-refractivity contribution in [1.29, 1.82) is 0 Å².